The Morgan fingerprint density at radius 1 is 1.30 bits per heavy atom. The van der Waals surface area contributed by atoms with Crippen LogP contribution in [0.25, 0.3) is 0 Å². The topological polar surface area (TPSA) is 68.3 Å². The lowest BCUT2D eigenvalue weighted by molar-refractivity contribution is -0.388. The molecule has 2 aromatic rings. The predicted octanol–water partition coefficient (Wildman–Crippen LogP) is 3.82. The third-order valence-corrected chi connectivity index (χ3v) is 2.55. The molecule has 0 aliphatic carbocycles. The number of furan rings is 1. The molecule has 0 aliphatic heterocycles. The first kappa shape index (κ1) is 13.9. The van der Waals surface area contributed by atoms with Crippen LogP contribution in [-0.4, -0.2) is 4.92 Å². The van der Waals surface area contributed by atoms with Crippen LogP contribution in [0, 0.1) is 10.1 Å². The summed E-state index contributed by atoms with van der Waals surface area (Å²) in [5, 5.41) is 13.3. The maximum absolute atomic E-state index is 12.8. The van der Waals surface area contributed by atoms with Crippen molar-refractivity contribution >= 4 is 11.4 Å². The van der Waals surface area contributed by atoms with Gasteiger partial charge in [0.15, 0.2) is 0 Å². The number of hydrogen-bond donors (Lipinski definition) is 1. The Bertz CT molecular complexity index is 609. The molecule has 0 amide bonds. The van der Waals surface area contributed by atoms with Crippen LogP contribution in [0.1, 0.15) is 11.3 Å². The lowest BCUT2D eigenvalue weighted by Gasteiger charge is -2.10. The van der Waals surface area contributed by atoms with Gasteiger partial charge in [0.1, 0.15) is 11.3 Å². The van der Waals surface area contributed by atoms with Crippen LogP contribution >= 0.6 is 0 Å². The lowest BCUT2D eigenvalue weighted by Crippen LogP contribution is -2.10. The number of hydrogen-bond acceptors (Lipinski definition) is 4. The Hall–Kier alpha value is -2.51. The number of nitro benzene ring substituents is 1. The molecule has 8 heteroatoms. The molecule has 1 N–H and O–H groups in total. The molecule has 0 saturated carbocycles. The summed E-state index contributed by atoms with van der Waals surface area (Å²) >= 11 is 0. The van der Waals surface area contributed by atoms with Gasteiger partial charge < -0.3 is 9.73 Å². The summed E-state index contributed by atoms with van der Waals surface area (Å²) in [6.45, 7) is 0.183. The molecule has 5 nitrogen and oxygen atoms in total. The van der Waals surface area contributed by atoms with E-state index >= 15 is 0 Å². The number of nitrogens with one attached hydrogen (secondary N) is 1. The van der Waals surface area contributed by atoms with Crippen molar-refractivity contribution < 1.29 is 22.5 Å². The van der Waals surface area contributed by atoms with E-state index in [1.807, 2.05) is 0 Å². The van der Waals surface area contributed by atoms with Crippen LogP contribution in [0.4, 0.5) is 24.5 Å². The Morgan fingerprint density at radius 3 is 2.60 bits per heavy atom. The second kappa shape index (κ2) is 5.24. The van der Waals surface area contributed by atoms with E-state index in [9.17, 15) is 23.3 Å². The molecule has 1 heterocycles. The van der Waals surface area contributed by atoms with E-state index < -0.39 is 22.4 Å². The maximum Gasteiger partial charge on any atom is 0.423 e. The fraction of sp³-hybridized carbons (Fsp3) is 0.167. The fourth-order valence-corrected chi connectivity index (χ4v) is 1.63. The molecule has 1 aromatic carbocycles. The monoisotopic (exact) mass is 286 g/mol. The molecule has 106 valence electrons. The first-order chi connectivity index (χ1) is 9.38. The van der Waals surface area contributed by atoms with Gasteiger partial charge in [-0.2, -0.15) is 13.2 Å². The zero-order valence-electron chi connectivity index (χ0n) is 9.98. The molecular weight excluding hydrogens is 277 g/mol. The van der Waals surface area contributed by atoms with Crippen molar-refractivity contribution in [3.8, 4) is 0 Å². The zero-order valence-corrected chi connectivity index (χ0v) is 9.98. The summed E-state index contributed by atoms with van der Waals surface area (Å²) < 4.78 is 43.3. The van der Waals surface area contributed by atoms with Gasteiger partial charge in [-0.05, 0) is 24.3 Å². The third kappa shape index (κ3) is 3.08. The number of alkyl halides is 3. The number of rotatable bonds is 4. The van der Waals surface area contributed by atoms with Crippen molar-refractivity contribution in [2.75, 3.05) is 5.32 Å². The third-order valence-electron chi connectivity index (χ3n) is 2.55. The Labute approximate surface area is 111 Å². The molecule has 0 unspecified atom stereocenters. The quantitative estimate of drug-likeness (QED) is 0.685. The second-order valence-corrected chi connectivity index (χ2v) is 3.92. The first-order valence-corrected chi connectivity index (χ1v) is 5.50. The minimum atomic E-state index is -4.79. The summed E-state index contributed by atoms with van der Waals surface area (Å²) in [6, 6.07) is 6.06. The summed E-state index contributed by atoms with van der Waals surface area (Å²) in [7, 11) is 0. The van der Waals surface area contributed by atoms with Crippen LogP contribution in [-0.2, 0) is 12.7 Å². The van der Waals surface area contributed by atoms with Crippen molar-refractivity contribution in [3.05, 3.63) is 58.0 Å². The highest BCUT2D eigenvalue weighted by Gasteiger charge is 2.38. The Balaban J connectivity index is 2.25. The molecule has 0 spiro atoms. The molecule has 20 heavy (non-hydrogen) atoms. The predicted molar refractivity (Wildman–Crippen MR) is 64.1 cm³/mol. The fourth-order valence-electron chi connectivity index (χ4n) is 1.63. The van der Waals surface area contributed by atoms with E-state index in [0.717, 1.165) is 6.07 Å². The highest BCUT2D eigenvalue weighted by atomic mass is 19.4. The summed E-state index contributed by atoms with van der Waals surface area (Å²) in [4.78, 5) is 9.54. The van der Waals surface area contributed by atoms with E-state index in [1.54, 1.807) is 12.1 Å². The van der Waals surface area contributed by atoms with Gasteiger partial charge in [0.2, 0.25) is 0 Å². The lowest BCUT2D eigenvalue weighted by atomic mass is 10.1. The van der Waals surface area contributed by atoms with E-state index in [1.165, 1.54) is 12.3 Å². The minimum absolute atomic E-state index is 0.124. The smallest absolute Gasteiger partial charge is 0.423 e. The molecule has 0 bridgehead atoms. The SMILES string of the molecule is O=[N+]([O-])c1ccc(NCc2ccco2)cc1C(F)(F)F. The number of nitrogens with zero attached hydrogens (tertiary/aromatic N) is 1. The van der Waals surface area contributed by atoms with Gasteiger partial charge in [-0.15, -0.1) is 0 Å². The highest BCUT2D eigenvalue weighted by molar-refractivity contribution is 5.55. The van der Waals surface area contributed by atoms with Crippen LogP contribution in [0.15, 0.2) is 41.0 Å². The van der Waals surface area contributed by atoms with Crippen LogP contribution in [0.5, 0.6) is 0 Å². The second-order valence-electron chi connectivity index (χ2n) is 3.92. The van der Waals surface area contributed by atoms with Gasteiger partial charge in [-0.1, -0.05) is 0 Å². The molecule has 2 rings (SSSR count). The van der Waals surface area contributed by atoms with E-state index in [4.69, 9.17) is 4.42 Å². The highest BCUT2D eigenvalue weighted by Crippen LogP contribution is 2.37. The standard InChI is InChI=1S/C12H9F3N2O3/c13-12(14,15)10-6-8(3-4-11(10)17(18)19)16-7-9-2-1-5-20-9/h1-6,16H,7H2. The van der Waals surface area contributed by atoms with E-state index in [-0.39, 0.29) is 12.2 Å². The van der Waals surface area contributed by atoms with Crippen LogP contribution < -0.4 is 5.32 Å². The molecule has 0 saturated heterocycles. The van der Waals surface area contributed by atoms with Gasteiger partial charge >= 0.3 is 6.18 Å². The van der Waals surface area contributed by atoms with Gasteiger partial charge in [-0.3, -0.25) is 10.1 Å². The molecule has 0 fully saturated rings. The van der Waals surface area contributed by atoms with Crippen LogP contribution in [0.2, 0.25) is 0 Å². The van der Waals surface area contributed by atoms with Crippen LogP contribution in [0.3, 0.4) is 0 Å². The maximum atomic E-state index is 12.8. The molecule has 0 aliphatic rings. The van der Waals surface area contributed by atoms with Crippen molar-refractivity contribution in [2.24, 2.45) is 0 Å². The Morgan fingerprint density at radius 2 is 2.05 bits per heavy atom. The first-order valence-electron chi connectivity index (χ1n) is 5.50. The average Bonchev–Trinajstić information content (AvgIpc) is 2.88. The Kier molecular flexibility index (Phi) is 3.64. The zero-order chi connectivity index (χ0) is 14.8. The van der Waals surface area contributed by atoms with Crippen molar-refractivity contribution in [3.63, 3.8) is 0 Å². The van der Waals surface area contributed by atoms with Gasteiger partial charge in [-0.25, -0.2) is 0 Å². The summed E-state index contributed by atoms with van der Waals surface area (Å²) in [5.41, 5.74) is -2.13. The number of benzene rings is 1. The van der Waals surface area contributed by atoms with E-state index in [2.05, 4.69) is 5.32 Å². The van der Waals surface area contributed by atoms with Crippen molar-refractivity contribution in [1.82, 2.24) is 0 Å². The van der Waals surface area contributed by atoms with Crippen molar-refractivity contribution in [1.29, 1.82) is 0 Å². The number of anilines is 1. The molecular formula is C12H9F3N2O3. The van der Waals surface area contributed by atoms with Gasteiger partial charge in [0.05, 0.1) is 17.7 Å². The summed E-state index contributed by atoms with van der Waals surface area (Å²) in [5.74, 6) is 0.539. The number of nitro groups is 1. The summed E-state index contributed by atoms with van der Waals surface area (Å²) in [6.07, 6.45) is -3.35. The largest absolute Gasteiger partial charge is 0.467 e. The van der Waals surface area contributed by atoms with Gasteiger partial charge in [0, 0.05) is 11.8 Å². The minimum Gasteiger partial charge on any atom is -0.467 e. The molecule has 0 radical (unpaired) electrons. The van der Waals surface area contributed by atoms with Crippen molar-refractivity contribution in [2.45, 2.75) is 12.7 Å². The molecule has 1 aromatic heterocycles. The molecule has 0 atom stereocenters. The normalized spacial score (nSPS) is 11.3. The number of halogens is 3. The average molecular weight is 286 g/mol. The van der Waals surface area contributed by atoms with E-state index in [0.29, 0.717) is 11.8 Å². The van der Waals surface area contributed by atoms with Gasteiger partial charge in [0.25, 0.3) is 5.69 Å².